The molecular formula is C9H8ClF3N2O2. The lowest BCUT2D eigenvalue weighted by atomic mass is 10.1. The highest BCUT2D eigenvalue weighted by molar-refractivity contribution is 6.20. The van der Waals surface area contributed by atoms with E-state index in [0.29, 0.717) is 6.07 Å². The first-order chi connectivity index (χ1) is 7.77. The maximum atomic E-state index is 12.4. The standard InChI is InChI=1S/C9H8ClF3N2O2/c1-17-7(10)6-4(8(14)16)2-3-5(15-6)9(11,12)13/h2-3,7H,1H3,(H2,14,16). The summed E-state index contributed by atoms with van der Waals surface area (Å²) >= 11 is 5.60. The Hall–Kier alpha value is -1.34. The normalized spacial score (nSPS) is 13.5. The first-order valence-electron chi connectivity index (χ1n) is 4.32. The molecule has 8 heteroatoms. The van der Waals surface area contributed by atoms with Crippen LogP contribution in [0.5, 0.6) is 0 Å². The van der Waals surface area contributed by atoms with E-state index in [-0.39, 0.29) is 11.3 Å². The molecule has 4 nitrogen and oxygen atoms in total. The Kier molecular flexibility index (Phi) is 3.94. The number of nitrogens with zero attached hydrogens (tertiary/aromatic N) is 1. The number of methoxy groups -OCH3 is 1. The highest BCUT2D eigenvalue weighted by Gasteiger charge is 2.34. The highest BCUT2D eigenvalue weighted by atomic mass is 35.5. The summed E-state index contributed by atoms with van der Waals surface area (Å²) < 4.78 is 41.8. The second kappa shape index (κ2) is 4.89. The van der Waals surface area contributed by atoms with Gasteiger partial charge in [0.05, 0.1) is 11.3 Å². The molecule has 1 aromatic heterocycles. The van der Waals surface area contributed by atoms with Crippen molar-refractivity contribution in [2.45, 2.75) is 11.7 Å². The molecule has 0 saturated carbocycles. The quantitative estimate of drug-likeness (QED) is 0.854. The number of carbonyl (C=O) groups is 1. The van der Waals surface area contributed by atoms with Crippen molar-refractivity contribution in [1.82, 2.24) is 4.98 Å². The Bertz CT molecular complexity index is 437. The van der Waals surface area contributed by atoms with Gasteiger partial charge in [0.25, 0.3) is 5.91 Å². The van der Waals surface area contributed by atoms with E-state index in [9.17, 15) is 18.0 Å². The second-order valence-corrected chi connectivity index (χ2v) is 3.44. The molecule has 0 aliphatic rings. The van der Waals surface area contributed by atoms with E-state index >= 15 is 0 Å². The smallest absolute Gasteiger partial charge is 0.366 e. The minimum Gasteiger partial charge on any atom is -0.366 e. The van der Waals surface area contributed by atoms with Gasteiger partial charge in [0.1, 0.15) is 5.69 Å². The largest absolute Gasteiger partial charge is 0.433 e. The van der Waals surface area contributed by atoms with Gasteiger partial charge in [-0.15, -0.1) is 0 Å². The summed E-state index contributed by atoms with van der Waals surface area (Å²) in [6.07, 6.45) is -4.63. The van der Waals surface area contributed by atoms with Crippen LogP contribution in [0.15, 0.2) is 12.1 Å². The fourth-order valence-corrected chi connectivity index (χ4v) is 1.29. The van der Waals surface area contributed by atoms with E-state index in [2.05, 4.69) is 9.72 Å². The lowest BCUT2D eigenvalue weighted by Crippen LogP contribution is -2.19. The number of halogens is 4. The van der Waals surface area contributed by atoms with E-state index in [1.165, 1.54) is 7.11 Å². The van der Waals surface area contributed by atoms with Gasteiger partial charge < -0.3 is 10.5 Å². The van der Waals surface area contributed by atoms with E-state index < -0.39 is 23.3 Å². The molecule has 1 atom stereocenters. The van der Waals surface area contributed by atoms with Gasteiger partial charge in [-0.1, -0.05) is 11.6 Å². The summed E-state index contributed by atoms with van der Waals surface area (Å²) in [6.45, 7) is 0. The number of ether oxygens (including phenoxy) is 1. The van der Waals surface area contributed by atoms with Gasteiger partial charge in [-0.3, -0.25) is 4.79 Å². The first kappa shape index (κ1) is 13.7. The zero-order valence-electron chi connectivity index (χ0n) is 8.58. The van der Waals surface area contributed by atoms with Crippen molar-refractivity contribution < 1.29 is 22.7 Å². The van der Waals surface area contributed by atoms with Gasteiger partial charge in [0.15, 0.2) is 5.56 Å². The minimum absolute atomic E-state index is 0.208. The molecule has 17 heavy (non-hydrogen) atoms. The molecule has 0 fully saturated rings. The average molecular weight is 269 g/mol. The molecule has 1 amide bonds. The SMILES string of the molecule is COC(Cl)c1nc(C(F)(F)F)ccc1C(N)=O. The molecule has 1 rings (SSSR count). The van der Waals surface area contributed by atoms with Crippen LogP contribution in [-0.2, 0) is 10.9 Å². The number of hydrogen-bond acceptors (Lipinski definition) is 3. The summed E-state index contributed by atoms with van der Waals surface area (Å²) in [4.78, 5) is 14.2. The number of rotatable bonds is 3. The lowest BCUT2D eigenvalue weighted by molar-refractivity contribution is -0.141. The summed E-state index contributed by atoms with van der Waals surface area (Å²) in [6, 6.07) is 1.57. The molecule has 0 aromatic carbocycles. The Morgan fingerprint density at radius 2 is 2.12 bits per heavy atom. The van der Waals surface area contributed by atoms with E-state index in [4.69, 9.17) is 17.3 Å². The van der Waals surface area contributed by atoms with Crippen molar-refractivity contribution in [3.8, 4) is 0 Å². The molecule has 1 unspecified atom stereocenters. The van der Waals surface area contributed by atoms with Crippen molar-refractivity contribution >= 4 is 17.5 Å². The molecule has 0 aliphatic carbocycles. The lowest BCUT2D eigenvalue weighted by Gasteiger charge is -2.13. The minimum atomic E-state index is -4.63. The first-order valence-corrected chi connectivity index (χ1v) is 4.75. The van der Waals surface area contributed by atoms with Crippen LogP contribution in [0.3, 0.4) is 0 Å². The average Bonchev–Trinajstić information content (AvgIpc) is 2.25. The summed E-state index contributed by atoms with van der Waals surface area (Å²) in [5.74, 6) is -0.927. The fourth-order valence-electron chi connectivity index (χ4n) is 1.13. The maximum absolute atomic E-state index is 12.4. The zero-order valence-corrected chi connectivity index (χ0v) is 9.34. The van der Waals surface area contributed by atoms with E-state index in [1.807, 2.05) is 0 Å². The van der Waals surface area contributed by atoms with Gasteiger partial charge in [-0.05, 0) is 12.1 Å². The molecule has 94 valence electrons. The van der Waals surface area contributed by atoms with Crippen molar-refractivity contribution in [3.05, 3.63) is 29.1 Å². The van der Waals surface area contributed by atoms with Crippen LogP contribution in [0.25, 0.3) is 0 Å². The third-order valence-corrected chi connectivity index (χ3v) is 2.29. The second-order valence-electron chi connectivity index (χ2n) is 3.04. The van der Waals surface area contributed by atoms with Crippen LogP contribution in [0.4, 0.5) is 13.2 Å². The van der Waals surface area contributed by atoms with Gasteiger partial charge >= 0.3 is 6.18 Å². The van der Waals surface area contributed by atoms with Crippen molar-refractivity contribution in [2.75, 3.05) is 7.11 Å². The van der Waals surface area contributed by atoms with Gasteiger partial charge in [-0.2, -0.15) is 13.2 Å². The maximum Gasteiger partial charge on any atom is 0.433 e. The topological polar surface area (TPSA) is 65.2 Å². The van der Waals surface area contributed by atoms with Crippen LogP contribution >= 0.6 is 11.6 Å². The van der Waals surface area contributed by atoms with Gasteiger partial charge in [-0.25, -0.2) is 4.98 Å². The number of hydrogen-bond donors (Lipinski definition) is 1. The Morgan fingerprint density at radius 1 is 1.53 bits per heavy atom. The molecule has 2 N–H and O–H groups in total. The number of pyridine rings is 1. The predicted molar refractivity (Wildman–Crippen MR) is 53.4 cm³/mol. The van der Waals surface area contributed by atoms with Crippen LogP contribution < -0.4 is 5.73 Å². The summed E-state index contributed by atoms with van der Waals surface area (Å²) in [5.41, 5.74) is 1.99. The van der Waals surface area contributed by atoms with E-state index in [0.717, 1.165) is 6.07 Å². The van der Waals surface area contributed by atoms with Crippen molar-refractivity contribution in [3.63, 3.8) is 0 Å². The number of aromatic nitrogens is 1. The number of alkyl halides is 4. The molecular weight excluding hydrogens is 261 g/mol. The highest BCUT2D eigenvalue weighted by Crippen LogP contribution is 2.31. The molecule has 0 spiro atoms. The number of amides is 1. The molecule has 1 heterocycles. The van der Waals surface area contributed by atoms with Crippen molar-refractivity contribution in [2.24, 2.45) is 5.73 Å². The summed E-state index contributed by atoms with van der Waals surface area (Å²) in [7, 11) is 1.17. The molecule has 1 aromatic rings. The zero-order chi connectivity index (χ0) is 13.2. The molecule has 0 saturated heterocycles. The Balaban J connectivity index is 3.34. The predicted octanol–water partition coefficient (Wildman–Crippen LogP) is 2.08. The number of primary amides is 1. The third-order valence-electron chi connectivity index (χ3n) is 1.90. The summed E-state index contributed by atoms with van der Waals surface area (Å²) in [5, 5.41) is 0. The Morgan fingerprint density at radius 3 is 2.53 bits per heavy atom. The number of nitrogens with two attached hydrogens (primary N) is 1. The third kappa shape index (κ3) is 3.07. The Labute approximate surface area is 99.5 Å². The van der Waals surface area contributed by atoms with Crippen molar-refractivity contribution in [1.29, 1.82) is 0 Å². The van der Waals surface area contributed by atoms with E-state index in [1.54, 1.807) is 0 Å². The van der Waals surface area contributed by atoms with Gasteiger partial charge in [0.2, 0.25) is 0 Å². The van der Waals surface area contributed by atoms with Crippen LogP contribution in [0.2, 0.25) is 0 Å². The number of carbonyl (C=O) groups excluding carboxylic acids is 1. The van der Waals surface area contributed by atoms with Crippen LogP contribution in [0, 0.1) is 0 Å². The molecule has 0 radical (unpaired) electrons. The monoisotopic (exact) mass is 268 g/mol. The van der Waals surface area contributed by atoms with Crippen LogP contribution in [0.1, 0.15) is 27.3 Å². The molecule has 0 bridgehead atoms. The van der Waals surface area contributed by atoms with Crippen LogP contribution in [-0.4, -0.2) is 18.0 Å². The van der Waals surface area contributed by atoms with Gasteiger partial charge in [0, 0.05) is 7.11 Å². The fraction of sp³-hybridized carbons (Fsp3) is 0.333. The molecule has 0 aliphatic heterocycles.